The lowest BCUT2D eigenvalue weighted by molar-refractivity contribution is -0.124. The number of hydrogen-bond acceptors (Lipinski definition) is 3. The van der Waals surface area contributed by atoms with Crippen molar-refractivity contribution in [2.24, 2.45) is 23.5 Å². The number of carbonyl (C=O) groups excluding carboxylic acids is 1. The maximum atomic E-state index is 11.9. The molecule has 104 valence electrons. The maximum absolute atomic E-state index is 11.9. The van der Waals surface area contributed by atoms with E-state index in [1.165, 1.54) is 12.8 Å². The van der Waals surface area contributed by atoms with Gasteiger partial charge in [0.25, 0.3) is 0 Å². The number of thiocarbonyl (C=S) groups is 1. The van der Waals surface area contributed by atoms with Crippen LogP contribution in [0.25, 0.3) is 0 Å². The molecule has 0 aliphatic heterocycles. The van der Waals surface area contributed by atoms with Crippen molar-refractivity contribution in [2.45, 2.75) is 33.1 Å². The van der Waals surface area contributed by atoms with E-state index >= 15 is 0 Å². The Kier molecular flexibility index (Phi) is 6.57. The van der Waals surface area contributed by atoms with Gasteiger partial charge in [-0.05, 0) is 31.1 Å². The van der Waals surface area contributed by atoms with Crippen LogP contribution in [-0.2, 0) is 9.53 Å². The summed E-state index contributed by atoms with van der Waals surface area (Å²) in [7, 11) is 0. The summed E-state index contributed by atoms with van der Waals surface area (Å²) >= 11 is 4.92. The first-order chi connectivity index (χ1) is 8.52. The molecule has 4 nitrogen and oxygen atoms in total. The number of nitrogens with two attached hydrogens (primary N) is 1. The number of nitrogens with one attached hydrogen (secondary N) is 1. The van der Waals surface area contributed by atoms with Gasteiger partial charge in [-0.1, -0.05) is 26.1 Å². The van der Waals surface area contributed by atoms with Gasteiger partial charge in [0.15, 0.2) is 0 Å². The Morgan fingerprint density at radius 2 is 2.17 bits per heavy atom. The molecule has 0 bridgehead atoms. The van der Waals surface area contributed by atoms with E-state index in [-0.39, 0.29) is 22.7 Å². The fraction of sp³-hybridized carbons (Fsp3) is 0.846. The van der Waals surface area contributed by atoms with Crippen LogP contribution in [0.4, 0.5) is 0 Å². The molecule has 1 aliphatic rings. The molecule has 1 unspecified atom stereocenters. The Morgan fingerprint density at radius 3 is 2.67 bits per heavy atom. The van der Waals surface area contributed by atoms with Crippen LogP contribution < -0.4 is 11.1 Å². The van der Waals surface area contributed by atoms with Crippen LogP contribution in [0.5, 0.6) is 0 Å². The predicted molar refractivity (Wildman–Crippen MR) is 76.3 cm³/mol. The van der Waals surface area contributed by atoms with Crippen molar-refractivity contribution in [1.29, 1.82) is 0 Å². The average Bonchev–Trinajstić information content (AvgIpc) is 3.05. The van der Waals surface area contributed by atoms with Crippen LogP contribution in [-0.4, -0.2) is 30.7 Å². The van der Waals surface area contributed by atoms with Crippen LogP contribution in [0.2, 0.25) is 0 Å². The number of amides is 1. The first-order valence-electron chi connectivity index (χ1n) is 6.67. The molecule has 1 aliphatic carbocycles. The first-order valence-corrected chi connectivity index (χ1v) is 7.08. The summed E-state index contributed by atoms with van der Waals surface area (Å²) in [5.41, 5.74) is 5.58. The zero-order chi connectivity index (χ0) is 13.5. The van der Waals surface area contributed by atoms with E-state index in [1.807, 2.05) is 13.8 Å². The first kappa shape index (κ1) is 15.4. The average molecular weight is 272 g/mol. The van der Waals surface area contributed by atoms with Crippen LogP contribution in [0.3, 0.4) is 0 Å². The van der Waals surface area contributed by atoms with Crippen molar-refractivity contribution in [1.82, 2.24) is 5.32 Å². The lowest BCUT2D eigenvalue weighted by atomic mass is 9.95. The number of rotatable bonds is 9. The van der Waals surface area contributed by atoms with E-state index in [0.29, 0.717) is 13.2 Å². The molecule has 0 radical (unpaired) electrons. The molecule has 0 saturated heterocycles. The second-order valence-corrected chi connectivity index (χ2v) is 5.76. The molecule has 5 heteroatoms. The van der Waals surface area contributed by atoms with Gasteiger partial charge in [0.2, 0.25) is 5.91 Å². The molecule has 1 saturated carbocycles. The Labute approximate surface area is 115 Å². The van der Waals surface area contributed by atoms with Gasteiger partial charge in [0, 0.05) is 19.8 Å². The van der Waals surface area contributed by atoms with Gasteiger partial charge < -0.3 is 15.8 Å². The van der Waals surface area contributed by atoms with Crippen molar-refractivity contribution in [3.05, 3.63) is 0 Å². The molecule has 1 atom stereocenters. The van der Waals surface area contributed by atoms with Gasteiger partial charge in [-0.2, -0.15) is 0 Å². The van der Waals surface area contributed by atoms with Gasteiger partial charge in [0.05, 0.1) is 10.9 Å². The molecule has 0 aromatic carbocycles. The second kappa shape index (κ2) is 7.69. The van der Waals surface area contributed by atoms with Gasteiger partial charge in [-0.25, -0.2) is 0 Å². The van der Waals surface area contributed by atoms with Crippen molar-refractivity contribution in [2.75, 3.05) is 19.8 Å². The maximum Gasteiger partial charge on any atom is 0.230 e. The largest absolute Gasteiger partial charge is 0.393 e. The molecular formula is C13H24N2O2S. The summed E-state index contributed by atoms with van der Waals surface area (Å²) in [5.74, 6) is 0.486. The van der Waals surface area contributed by atoms with Crippen molar-refractivity contribution in [3.63, 3.8) is 0 Å². The molecule has 1 rings (SSSR count). The smallest absolute Gasteiger partial charge is 0.230 e. The lowest BCUT2D eigenvalue weighted by Gasteiger charge is -2.18. The van der Waals surface area contributed by atoms with Gasteiger partial charge >= 0.3 is 0 Å². The normalized spacial score (nSPS) is 16.6. The summed E-state index contributed by atoms with van der Waals surface area (Å²) in [6.45, 7) is 6.09. The summed E-state index contributed by atoms with van der Waals surface area (Å²) in [4.78, 5) is 12.1. The monoisotopic (exact) mass is 272 g/mol. The highest BCUT2D eigenvalue weighted by atomic mass is 32.1. The zero-order valence-corrected chi connectivity index (χ0v) is 12.1. The molecule has 0 spiro atoms. The minimum atomic E-state index is -0.368. The third-order valence-corrected chi connectivity index (χ3v) is 3.32. The summed E-state index contributed by atoms with van der Waals surface area (Å²) < 4.78 is 5.49. The van der Waals surface area contributed by atoms with E-state index in [2.05, 4.69) is 5.32 Å². The molecule has 0 heterocycles. The van der Waals surface area contributed by atoms with Crippen LogP contribution in [0.15, 0.2) is 0 Å². The second-order valence-electron chi connectivity index (χ2n) is 5.29. The van der Waals surface area contributed by atoms with E-state index < -0.39 is 0 Å². The molecule has 0 aromatic rings. The Morgan fingerprint density at radius 1 is 1.50 bits per heavy atom. The lowest BCUT2D eigenvalue weighted by Crippen LogP contribution is -2.41. The molecular weight excluding hydrogens is 248 g/mol. The van der Waals surface area contributed by atoms with E-state index in [4.69, 9.17) is 22.7 Å². The van der Waals surface area contributed by atoms with Crippen molar-refractivity contribution in [3.8, 4) is 0 Å². The summed E-state index contributed by atoms with van der Waals surface area (Å²) in [5, 5.41) is 2.86. The van der Waals surface area contributed by atoms with Crippen LogP contribution in [0, 0.1) is 17.8 Å². The van der Waals surface area contributed by atoms with Gasteiger partial charge in [-0.15, -0.1) is 0 Å². The van der Waals surface area contributed by atoms with E-state index in [0.717, 1.165) is 18.9 Å². The standard InChI is InChI=1S/C13H24N2O2S/c1-9(2)11(12(14)18)13(16)15-6-3-7-17-8-10-4-5-10/h9-11H,3-8H2,1-2H3,(H2,14,18)(H,15,16). The molecule has 0 aromatic heterocycles. The van der Waals surface area contributed by atoms with E-state index in [9.17, 15) is 4.79 Å². The fourth-order valence-corrected chi connectivity index (χ4v) is 2.17. The number of carbonyl (C=O) groups is 1. The summed E-state index contributed by atoms with van der Waals surface area (Å²) in [6, 6.07) is 0. The van der Waals surface area contributed by atoms with Gasteiger partial charge in [-0.3, -0.25) is 4.79 Å². The fourth-order valence-electron chi connectivity index (χ4n) is 1.79. The molecule has 1 amide bonds. The summed E-state index contributed by atoms with van der Waals surface area (Å²) in [6.07, 6.45) is 3.45. The third kappa shape index (κ3) is 5.78. The Bertz CT molecular complexity index is 291. The van der Waals surface area contributed by atoms with Crippen LogP contribution in [0.1, 0.15) is 33.1 Å². The highest BCUT2D eigenvalue weighted by Gasteiger charge is 2.24. The van der Waals surface area contributed by atoms with E-state index in [1.54, 1.807) is 0 Å². The molecule has 3 N–H and O–H groups in total. The Balaban J connectivity index is 2.08. The van der Waals surface area contributed by atoms with Crippen LogP contribution >= 0.6 is 12.2 Å². The minimum Gasteiger partial charge on any atom is -0.393 e. The molecule has 18 heavy (non-hydrogen) atoms. The van der Waals surface area contributed by atoms with Crippen molar-refractivity contribution >= 4 is 23.1 Å². The zero-order valence-electron chi connectivity index (χ0n) is 11.3. The predicted octanol–water partition coefficient (Wildman–Crippen LogP) is 1.48. The SMILES string of the molecule is CC(C)C(C(=O)NCCCOCC1CC1)C(N)=S. The topological polar surface area (TPSA) is 64.3 Å². The highest BCUT2D eigenvalue weighted by molar-refractivity contribution is 7.80. The third-order valence-electron chi connectivity index (χ3n) is 3.07. The number of ether oxygens (including phenoxy) is 1. The molecule has 1 fully saturated rings. The van der Waals surface area contributed by atoms with Crippen molar-refractivity contribution < 1.29 is 9.53 Å². The highest BCUT2D eigenvalue weighted by Crippen LogP contribution is 2.28. The van der Waals surface area contributed by atoms with Gasteiger partial charge in [0.1, 0.15) is 0 Å². The quantitative estimate of drug-likeness (QED) is 0.493. The minimum absolute atomic E-state index is 0.0697. The Hall–Kier alpha value is -0.680. The number of hydrogen-bond donors (Lipinski definition) is 2.